The molecule has 3 nitrogen and oxygen atoms in total. The van der Waals surface area contributed by atoms with Crippen molar-refractivity contribution in [3.05, 3.63) is 0 Å². The highest BCUT2D eigenvalue weighted by molar-refractivity contribution is 4.91. The first kappa shape index (κ1) is 16.9. The van der Waals surface area contributed by atoms with Crippen molar-refractivity contribution < 1.29 is 4.74 Å². The van der Waals surface area contributed by atoms with Crippen molar-refractivity contribution in [2.75, 3.05) is 26.2 Å². The van der Waals surface area contributed by atoms with Crippen molar-refractivity contribution in [3.8, 4) is 0 Å². The zero-order chi connectivity index (χ0) is 14.7. The Morgan fingerprint density at radius 1 is 1.05 bits per heavy atom. The van der Waals surface area contributed by atoms with Crippen LogP contribution >= 0.6 is 0 Å². The SMILES string of the molecule is CC(C)CCNCC(C)N1CC(C)(C)OC(C)(C)C1. The van der Waals surface area contributed by atoms with E-state index in [1.807, 2.05) is 0 Å². The van der Waals surface area contributed by atoms with Crippen LogP contribution in [0.2, 0.25) is 0 Å². The molecule has 1 aliphatic rings. The molecule has 0 aromatic rings. The van der Waals surface area contributed by atoms with E-state index < -0.39 is 0 Å². The van der Waals surface area contributed by atoms with Gasteiger partial charge in [0.05, 0.1) is 11.2 Å². The van der Waals surface area contributed by atoms with Gasteiger partial charge < -0.3 is 10.1 Å². The van der Waals surface area contributed by atoms with E-state index >= 15 is 0 Å². The van der Waals surface area contributed by atoms with E-state index in [1.165, 1.54) is 6.42 Å². The van der Waals surface area contributed by atoms with Crippen molar-refractivity contribution in [3.63, 3.8) is 0 Å². The second kappa shape index (κ2) is 6.55. The predicted molar refractivity (Wildman–Crippen MR) is 82.6 cm³/mol. The van der Waals surface area contributed by atoms with Crippen molar-refractivity contribution in [2.24, 2.45) is 5.92 Å². The number of rotatable bonds is 6. The standard InChI is InChI=1S/C16H34N2O/c1-13(2)8-9-17-10-14(3)18-11-15(4,5)19-16(6,7)12-18/h13-14,17H,8-12H2,1-7H3. The van der Waals surface area contributed by atoms with Crippen molar-refractivity contribution >= 4 is 0 Å². The maximum absolute atomic E-state index is 6.14. The van der Waals surface area contributed by atoms with Gasteiger partial charge in [-0.05, 0) is 53.5 Å². The fourth-order valence-electron chi connectivity index (χ4n) is 2.99. The lowest BCUT2D eigenvalue weighted by molar-refractivity contribution is -0.186. The third-order valence-electron chi connectivity index (χ3n) is 3.68. The van der Waals surface area contributed by atoms with Gasteiger partial charge in [-0.2, -0.15) is 0 Å². The molecule has 0 amide bonds. The Bertz CT molecular complexity index is 258. The maximum atomic E-state index is 6.14. The molecule has 0 spiro atoms. The van der Waals surface area contributed by atoms with Crippen LogP contribution in [0, 0.1) is 5.92 Å². The molecule has 19 heavy (non-hydrogen) atoms. The van der Waals surface area contributed by atoms with E-state index in [2.05, 4.69) is 58.7 Å². The molecule has 1 unspecified atom stereocenters. The molecule has 0 saturated carbocycles. The number of hydrogen-bond donors (Lipinski definition) is 1. The molecule has 1 atom stereocenters. The van der Waals surface area contributed by atoms with Gasteiger partial charge in [0.2, 0.25) is 0 Å². The summed E-state index contributed by atoms with van der Waals surface area (Å²) in [5.41, 5.74) is -0.0954. The summed E-state index contributed by atoms with van der Waals surface area (Å²) in [7, 11) is 0. The van der Waals surface area contributed by atoms with E-state index in [9.17, 15) is 0 Å². The molecule has 1 fully saturated rings. The summed E-state index contributed by atoms with van der Waals surface area (Å²) in [5.74, 6) is 0.782. The highest BCUT2D eigenvalue weighted by Crippen LogP contribution is 2.28. The monoisotopic (exact) mass is 270 g/mol. The van der Waals surface area contributed by atoms with Gasteiger partial charge >= 0.3 is 0 Å². The van der Waals surface area contributed by atoms with E-state index in [0.717, 1.165) is 32.1 Å². The van der Waals surface area contributed by atoms with Crippen LogP contribution in [0.5, 0.6) is 0 Å². The van der Waals surface area contributed by atoms with Crippen LogP contribution in [0.15, 0.2) is 0 Å². The van der Waals surface area contributed by atoms with Crippen molar-refractivity contribution in [2.45, 2.75) is 72.1 Å². The summed E-state index contributed by atoms with van der Waals surface area (Å²) in [6.07, 6.45) is 1.26. The molecule has 1 aliphatic heterocycles. The van der Waals surface area contributed by atoms with Crippen LogP contribution in [-0.4, -0.2) is 48.3 Å². The minimum Gasteiger partial charge on any atom is -0.367 e. The average Bonchev–Trinajstić information content (AvgIpc) is 2.19. The van der Waals surface area contributed by atoms with Crippen LogP contribution in [0.3, 0.4) is 0 Å². The van der Waals surface area contributed by atoms with Crippen molar-refractivity contribution in [1.29, 1.82) is 0 Å². The van der Waals surface area contributed by atoms with Gasteiger partial charge in [0.1, 0.15) is 0 Å². The van der Waals surface area contributed by atoms with Crippen LogP contribution < -0.4 is 5.32 Å². The highest BCUT2D eigenvalue weighted by atomic mass is 16.5. The van der Waals surface area contributed by atoms with Gasteiger partial charge in [-0.25, -0.2) is 0 Å². The molecule has 1 heterocycles. The Morgan fingerprint density at radius 2 is 1.58 bits per heavy atom. The zero-order valence-corrected chi connectivity index (χ0v) is 14.0. The number of nitrogens with zero attached hydrogens (tertiary/aromatic N) is 1. The smallest absolute Gasteiger partial charge is 0.0760 e. The predicted octanol–water partition coefficient (Wildman–Crippen LogP) is 2.90. The number of nitrogens with one attached hydrogen (secondary N) is 1. The molecule has 0 radical (unpaired) electrons. The fraction of sp³-hybridized carbons (Fsp3) is 1.00. The number of morpholine rings is 1. The van der Waals surface area contributed by atoms with Gasteiger partial charge in [0, 0.05) is 25.7 Å². The van der Waals surface area contributed by atoms with E-state index in [-0.39, 0.29) is 11.2 Å². The zero-order valence-electron chi connectivity index (χ0n) is 14.0. The Morgan fingerprint density at radius 3 is 2.05 bits per heavy atom. The molecule has 0 aromatic carbocycles. The lowest BCUT2D eigenvalue weighted by Crippen LogP contribution is -2.60. The third kappa shape index (κ3) is 6.24. The highest BCUT2D eigenvalue weighted by Gasteiger charge is 2.39. The summed E-state index contributed by atoms with van der Waals surface area (Å²) in [6.45, 7) is 19.9. The first-order valence-corrected chi connectivity index (χ1v) is 7.76. The molecule has 0 bridgehead atoms. The number of ether oxygens (including phenoxy) is 1. The molecule has 0 aliphatic carbocycles. The molecule has 3 heteroatoms. The molecule has 1 saturated heterocycles. The Labute approximate surface area is 120 Å². The quantitative estimate of drug-likeness (QED) is 0.751. The minimum absolute atomic E-state index is 0.0477. The first-order valence-electron chi connectivity index (χ1n) is 7.76. The molecular weight excluding hydrogens is 236 g/mol. The van der Waals surface area contributed by atoms with E-state index in [0.29, 0.717) is 6.04 Å². The molecular formula is C16H34N2O. The lowest BCUT2D eigenvalue weighted by atomic mass is 9.97. The Hall–Kier alpha value is -0.120. The lowest BCUT2D eigenvalue weighted by Gasteiger charge is -2.49. The summed E-state index contributed by atoms with van der Waals surface area (Å²) in [4.78, 5) is 2.56. The summed E-state index contributed by atoms with van der Waals surface area (Å²) in [6, 6.07) is 0.564. The fourth-order valence-corrected chi connectivity index (χ4v) is 2.99. The Balaban J connectivity index is 2.41. The van der Waals surface area contributed by atoms with Gasteiger partial charge in [-0.15, -0.1) is 0 Å². The van der Waals surface area contributed by atoms with Crippen LogP contribution in [0.25, 0.3) is 0 Å². The molecule has 1 rings (SSSR count). The average molecular weight is 270 g/mol. The topological polar surface area (TPSA) is 24.5 Å². The van der Waals surface area contributed by atoms with Crippen LogP contribution in [-0.2, 0) is 4.74 Å². The summed E-state index contributed by atoms with van der Waals surface area (Å²) < 4.78 is 6.14. The first-order chi connectivity index (χ1) is 8.61. The summed E-state index contributed by atoms with van der Waals surface area (Å²) in [5, 5.41) is 3.59. The maximum Gasteiger partial charge on any atom is 0.0760 e. The normalized spacial score (nSPS) is 24.6. The summed E-state index contributed by atoms with van der Waals surface area (Å²) >= 11 is 0. The molecule has 114 valence electrons. The minimum atomic E-state index is -0.0477. The van der Waals surface area contributed by atoms with E-state index in [1.54, 1.807) is 0 Å². The second-order valence-electron chi connectivity index (χ2n) is 7.76. The van der Waals surface area contributed by atoms with Crippen LogP contribution in [0.4, 0.5) is 0 Å². The van der Waals surface area contributed by atoms with Crippen LogP contribution in [0.1, 0.15) is 54.9 Å². The van der Waals surface area contributed by atoms with Gasteiger partial charge in [-0.3, -0.25) is 4.90 Å². The molecule has 0 aromatic heterocycles. The largest absolute Gasteiger partial charge is 0.367 e. The van der Waals surface area contributed by atoms with E-state index in [4.69, 9.17) is 4.74 Å². The third-order valence-corrected chi connectivity index (χ3v) is 3.68. The van der Waals surface area contributed by atoms with Gasteiger partial charge in [0.15, 0.2) is 0 Å². The molecule has 1 N–H and O–H groups in total. The van der Waals surface area contributed by atoms with Gasteiger partial charge in [-0.1, -0.05) is 13.8 Å². The number of hydrogen-bond acceptors (Lipinski definition) is 3. The Kier molecular flexibility index (Phi) is 5.84. The van der Waals surface area contributed by atoms with Crippen molar-refractivity contribution in [1.82, 2.24) is 10.2 Å². The van der Waals surface area contributed by atoms with Gasteiger partial charge in [0.25, 0.3) is 0 Å². The second-order valence-corrected chi connectivity index (χ2v) is 7.76.